The summed E-state index contributed by atoms with van der Waals surface area (Å²) < 4.78 is 0. The molecule has 0 unspecified atom stereocenters. The molecule has 1 fully saturated rings. The van der Waals surface area contributed by atoms with Gasteiger partial charge in [-0.15, -0.1) is 0 Å². The van der Waals surface area contributed by atoms with E-state index in [0.717, 1.165) is 32.0 Å². The van der Waals surface area contributed by atoms with Gasteiger partial charge in [-0.05, 0) is 36.8 Å². The molecule has 2 heterocycles. The summed E-state index contributed by atoms with van der Waals surface area (Å²) in [5, 5.41) is 0. The number of pyridine rings is 1. The van der Waals surface area contributed by atoms with Crippen molar-refractivity contribution >= 4 is 17.4 Å². The van der Waals surface area contributed by atoms with Crippen LogP contribution in [0.1, 0.15) is 15.9 Å². The number of aromatic nitrogens is 1. The Bertz CT molecular complexity index is 721. The van der Waals surface area contributed by atoms with Gasteiger partial charge in [0.1, 0.15) is 5.82 Å². The summed E-state index contributed by atoms with van der Waals surface area (Å²) in [6.45, 7) is 5.31. The number of carbonyl (C=O) groups excluding carboxylic acids is 1. The molecule has 1 aliphatic heterocycles. The minimum Gasteiger partial charge on any atom is -0.368 e. The molecule has 126 valence electrons. The van der Waals surface area contributed by atoms with Gasteiger partial charge in [0, 0.05) is 57.7 Å². The Morgan fingerprint density at radius 1 is 1.08 bits per heavy atom. The SMILES string of the molecule is Cc1cccc(N2CCN(C(=O)c3ccnc(N(C)C)c3)CC2)c1. The Kier molecular flexibility index (Phi) is 4.69. The maximum Gasteiger partial charge on any atom is 0.254 e. The monoisotopic (exact) mass is 324 g/mol. The molecule has 0 N–H and O–H groups in total. The third kappa shape index (κ3) is 3.50. The molecular weight excluding hydrogens is 300 g/mol. The first-order valence-electron chi connectivity index (χ1n) is 8.29. The van der Waals surface area contributed by atoms with Crippen LogP contribution < -0.4 is 9.80 Å². The van der Waals surface area contributed by atoms with E-state index in [-0.39, 0.29) is 5.91 Å². The highest BCUT2D eigenvalue weighted by Gasteiger charge is 2.22. The van der Waals surface area contributed by atoms with E-state index in [1.807, 2.05) is 30.0 Å². The van der Waals surface area contributed by atoms with Crippen LogP contribution in [-0.2, 0) is 0 Å². The fourth-order valence-corrected chi connectivity index (χ4v) is 2.97. The first-order chi connectivity index (χ1) is 11.5. The van der Waals surface area contributed by atoms with Crippen molar-refractivity contribution in [3.8, 4) is 0 Å². The van der Waals surface area contributed by atoms with Crippen LogP contribution in [0.5, 0.6) is 0 Å². The highest BCUT2D eigenvalue weighted by molar-refractivity contribution is 5.95. The first-order valence-corrected chi connectivity index (χ1v) is 8.29. The third-order valence-electron chi connectivity index (χ3n) is 4.38. The van der Waals surface area contributed by atoms with Crippen LogP contribution in [0.25, 0.3) is 0 Å². The molecule has 3 rings (SSSR count). The van der Waals surface area contributed by atoms with Crippen molar-refractivity contribution in [2.45, 2.75) is 6.92 Å². The minimum absolute atomic E-state index is 0.0874. The first kappa shape index (κ1) is 16.3. The highest BCUT2D eigenvalue weighted by atomic mass is 16.2. The van der Waals surface area contributed by atoms with E-state index in [1.54, 1.807) is 12.3 Å². The number of carbonyl (C=O) groups is 1. The van der Waals surface area contributed by atoms with E-state index >= 15 is 0 Å². The number of nitrogens with zero attached hydrogens (tertiary/aromatic N) is 4. The molecule has 0 saturated carbocycles. The van der Waals surface area contributed by atoms with Gasteiger partial charge in [0.05, 0.1) is 0 Å². The number of amides is 1. The summed E-state index contributed by atoms with van der Waals surface area (Å²) in [7, 11) is 3.86. The summed E-state index contributed by atoms with van der Waals surface area (Å²) in [5.41, 5.74) is 3.21. The summed E-state index contributed by atoms with van der Waals surface area (Å²) in [6, 6.07) is 12.2. The van der Waals surface area contributed by atoms with E-state index in [2.05, 4.69) is 41.1 Å². The fourth-order valence-electron chi connectivity index (χ4n) is 2.97. The van der Waals surface area contributed by atoms with Crippen molar-refractivity contribution in [1.29, 1.82) is 0 Å². The van der Waals surface area contributed by atoms with Crippen molar-refractivity contribution in [3.63, 3.8) is 0 Å². The Labute approximate surface area is 143 Å². The molecule has 2 aromatic rings. The fraction of sp³-hybridized carbons (Fsp3) is 0.368. The third-order valence-corrected chi connectivity index (χ3v) is 4.38. The van der Waals surface area contributed by atoms with E-state index in [0.29, 0.717) is 5.56 Å². The van der Waals surface area contributed by atoms with Crippen molar-refractivity contribution in [2.24, 2.45) is 0 Å². The lowest BCUT2D eigenvalue weighted by Gasteiger charge is -2.36. The number of piperazine rings is 1. The Hall–Kier alpha value is -2.56. The zero-order chi connectivity index (χ0) is 17.1. The quantitative estimate of drug-likeness (QED) is 0.869. The molecule has 5 nitrogen and oxygen atoms in total. The molecule has 0 bridgehead atoms. The van der Waals surface area contributed by atoms with Crippen LogP contribution >= 0.6 is 0 Å². The molecular formula is C19H24N4O. The maximum atomic E-state index is 12.7. The van der Waals surface area contributed by atoms with Crippen LogP contribution in [0, 0.1) is 6.92 Å². The maximum absolute atomic E-state index is 12.7. The molecule has 24 heavy (non-hydrogen) atoms. The Balaban J connectivity index is 1.66. The molecule has 0 atom stereocenters. The molecule has 0 radical (unpaired) electrons. The van der Waals surface area contributed by atoms with Gasteiger partial charge in [0.15, 0.2) is 0 Å². The van der Waals surface area contributed by atoms with Gasteiger partial charge in [-0.3, -0.25) is 4.79 Å². The second kappa shape index (κ2) is 6.91. The van der Waals surface area contributed by atoms with Crippen molar-refractivity contribution < 1.29 is 4.79 Å². The van der Waals surface area contributed by atoms with Gasteiger partial charge in [0.2, 0.25) is 0 Å². The summed E-state index contributed by atoms with van der Waals surface area (Å²) in [6.07, 6.45) is 1.70. The van der Waals surface area contributed by atoms with Gasteiger partial charge in [0.25, 0.3) is 5.91 Å². The lowest BCUT2D eigenvalue weighted by molar-refractivity contribution is 0.0746. The van der Waals surface area contributed by atoms with Gasteiger partial charge in [-0.25, -0.2) is 4.98 Å². The minimum atomic E-state index is 0.0874. The molecule has 1 saturated heterocycles. The van der Waals surface area contributed by atoms with Gasteiger partial charge in [-0.2, -0.15) is 0 Å². The molecule has 0 aliphatic carbocycles. The normalized spacial score (nSPS) is 14.6. The summed E-state index contributed by atoms with van der Waals surface area (Å²) in [5.74, 6) is 0.892. The second-order valence-electron chi connectivity index (χ2n) is 6.42. The average Bonchev–Trinajstić information content (AvgIpc) is 2.61. The molecule has 1 aromatic heterocycles. The van der Waals surface area contributed by atoms with E-state index < -0.39 is 0 Å². The Morgan fingerprint density at radius 2 is 1.83 bits per heavy atom. The van der Waals surface area contributed by atoms with Crippen LogP contribution in [0.4, 0.5) is 11.5 Å². The average molecular weight is 324 g/mol. The zero-order valence-corrected chi connectivity index (χ0v) is 14.6. The number of hydrogen-bond donors (Lipinski definition) is 0. The second-order valence-corrected chi connectivity index (χ2v) is 6.42. The standard InChI is InChI=1S/C19H24N4O/c1-15-5-4-6-17(13-15)22-9-11-23(12-10-22)19(24)16-7-8-20-18(14-16)21(2)3/h4-8,13-14H,9-12H2,1-3H3. The molecule has 1 aliphatic rings. The van der Waals surface area contributed by atoms with Crippen LogP contribution in [0.15, 0.2) is 42.6 Å². The smallest absolute Gasteiger partial charge is 0.254 e. The van der Waals surface area contributed by atoms with E-state index in [1.165, 1.54) is 11.3 Å². The van der Waals surface area contributed by atoms with Gasteiger partial charge >= 0.3 is 0 Å². The van der Waals surface area contributed by atoms with Crippen LogP contribution in [0.3, 0.4) is 0 Å². The predicted molar refractivity (Wildman–Crippen MR) is 97.9 cm³/mol. The number of hydrogen-bond acceptors (Lipinski definition) is 4. The van der Waals surface area contributed by atoms with Crippen LogP contribution in [0.2, 0.25) is 0 Å². The topological polar surface area (TPSA) is 39.7 Å². The number of anilines is 2. The highest BCUT2D eigenvalue weighted by Crippen LogP contribution is 2.19. The van der Waals surface area contributed by atoms with E-state index in [4.69, 9.17) is 0 Å². The summed E-state index contributed by atoms with van der Waals surface area (Å²) in [4.78, 5) is 23.2. The molecule has 1 amide bonds. The van der Waals surface area contributed by atoms with Gasteiger partial charge in [-0.1, -0.05) is 12.1 Å². The zero-order valence-electron chi connectivity index (χ0n) is 14.6. The Morgan fingerprint density at radius 3 is 2.50 bits per heavy atom. The largest absolute Gasteiger partial charge is 0.368 e. The van der Waals surface area contributed by atoms with Crippen molar-refractivity contribution in [3.05, 3.63) is 53.7 Å². The molecule has 1 aromatic carbocycles. The van der Waals surface area contributed by atoms with Crippen LogP contribution in [-0.4, -0.2) is 56.1 Å². The molecule has 0 spiro atoms. The lowest BCUT2D eigenvalue weighted by atomic mass is 10.1. The van der Waals surface area contributed by atoms with Crippen molar-refractivity contribution in [2.75, 3.05) is 50.1 Å². The van der Waals surface area contributed by atoms with E-state index in [9.17, 15) is 4.79 Å². The summed E-state index contributed by atoms with van der Waals surface area (Å²) >= 11 is 0. The number of aryl methyl sites for hydroxylation is 1. The molecule has 5 heteroatoms. The van der Waals surface area contributed by atoms with Gasteiger partial charge < -0.3 is 14.7 Å². The number of benzene rings is 1. The van der Waals surface area contributed by atoms with Crippen molar-refractivity contribution in [1.82, 2.24) is 9.88 Å². The number of rotatable bonds is 3. The lowest BCUT2D eigenvalue weighted by Crippen LogP contribution is -2.48. The predicted octanol–water partition coefficient (Wildman–Crippen LogP) is 2.42.